The number of piperidine rings is 2. The Hall–Kier alpha value is -5.24. The number of amides is 4. The molecule has 0 spiro atoms. The molecule has 3 N–H and O–H groups in total. The molecule has 3 aromatic rings. The third-order valence-electron chi connectivity index (χ3n) is 10.0. The fourth-order valence-electron chi connectivity index (χ4n) is 6.87. The van der Waals surface area contributed by atoms with Crippen molar-refractivity contribution in [1.82, 2.24) is 10.2 Å². The number of carbonyl (C=O) groups excluding carboxylic acids is 4. The molecule has 2 aliphatic rings. The van der Waals surface area contributed by atoms with E-state index in [2.05, 4.69) is 16.0 Å². The Morgan fingerprint density at radius 3 is 2.37 bits per heavy atom. The topological polar surface area (TPSA) is 147 Å². The molecule has 1 atom stereocenters. The first kappa shape index (κ1) is 42.9. The van der Waals surface area contributed by atoms with Gasteiger partial charge in [-0.05, 0) is 99.7 Å². The maximum Gasteiger partial charge on any atom is 0.417 e. The van der Waals surface area contributed by atoms with Gasteiger partial charge in [-0.1, -0.05) is 30.7 Å². The predicted molar refractivity (Wildman–Crippen MR) is 216 cm³/mol. The molecule has 5 rings (SSSR count). The molecule has 302 valence electrons. The summed E-state index contributed by atoms with van der Waals surface area (Å²) in [5, 5.41) is 17.8. The normalized spacial score (nSPS) is 16.6. The zero-order valence-corrected chi connectivity index (χ0v) is 33.4. The van der Waals surface area contributed by atoms with Gasteiger partial charge in [-0.3, -0.25) is 29.4 Å². The lowest BCUT2D eigenvalue weighted by molar-refractivity contribution is -0.138. The molecule has 2 saturated heterocycles. The van der Waals surface area contributed by atoms with E-state index < -0.39 is 40.7 Å². The molecule has 0 aromatic heterocycles. The van der Waals surface area contributed by atoms with Gasteiger partial charge in [-0.2, -0.15) is 18.4 Å². The van der Waals surface area contributed by atoms with Crippen LogP contribution in [0.15, 0.2) is 54.6 Å². The molecule has 0 bridgehead atoms. The molecular formula is C40H43ClF3N7O5S. The van der Waals surface area contributed by atoms with E-state index in [0.29, 0.717) is 66.6 Å². The van der Waals surface area contributed by atoms with E-state index in [4.69, 9.17) is 28.6 Å². The Morgan fingerprint density at radius 2 is 1.74 bits per heavy atom. The highest BCUT2D eigenvalue weighted by Crippen LogP contribution is 2.36. The Morgan fingerprint density at radius 1 is 1.05 bits per heavy atom. The highest BCUT2D eigenvalue weighted by Gasteiger charge is 2.39. The van der Waals surface area contributed by atoms with E-state index in [1.54, 1.807) is 49.1 Å². The lowest BCUT2D eigenvalue weighted by Gasteiger charge is -2.39. The SMILES string of the molecule is CCc1cc(N(C=S)C(C)(C)C(=O)N(C)c2ccc(C#N)c(C(F)(F)F)c2)ccc1OC1CCN(CC(=O)Nc2cc(Cl)cc(NC3CCC(=O)NC3=O)c2)CC1. The number of nitrogens with zero attached hydrogens (tertiary/aromatic N) is 4. The summed E-state index contributed by atoms with van der Waals surface area (Å²) >= 11 is 11.6. The van der Waals surface area contributed by atoms with Crippen molar-refractivity contribution < 1.29 is 37.1 Å². The highest BCUT2D eigenvalue weighted by molar-refractivity contribution is 7.79. The van der Waals surface area contributed by atoms with Crippen LogP contribution >= 0.6 is 23.8 Å². The number of carbonyl (C=O) groups is 4. The molecule has 3 aromatic carbocycles. The number of benzene rings is 3. The summed E-state index contributed by atoms with van der Waals surface area (Å²) < 4.78 is 47.4. The zero-order valence-electron chi connectivity index (χ0n) is 31.8. The molecule has 0 radical (unpaired) electrons. The molecule has 1 unspecified atom stereocenters. The minimum absolute atomic E-state index is 0.0235. The van der Waals surface area contributed by atoms with Gasteiger partial charge in [-0.15, -0.1) is 0 Å². The maximum atomic E-state index is 13.8. The highest BCUT2D eigenvalue weighted by atomic mass is 35.5. The third kappa shape index (κ3) is 10.4. The first-order chi connectivity index (χ1) is 26.9. The molecular weight excluding hydrogens is 783 g/mol. The predicted octanol–water partition coefficient (Wildman–Crippen LogP) is 6.70. The molecule has 57 heavy (non-hydrogen) atoms. The summed E-state index contributed by atoms with van der Waals surface area (Å²) in [6.07, 6.45) is -2.39. The molecule has 0 aliphatic carbocycles. The Kier molecular flexibility index (Phi) is 13.5. The molecule has 0 saturated carbocycles. The van der Waals surface area contributed by atoms with Crippen molar-refractivity contribution in [2.75, 3.05) is 47.1 Å². The second-order valence-electron chi connectivity index (χ2n) is 14.4. The van der Waals surface area contributed by atoms with Crippen molar-refractivity contribution >= 4 is 75.7 Å². The number of aryl methyl sites for hydroxylation is 1. The summed E-state index contributed by atoms with van der Waals surface area (Å²) in [5.74, 6) is -0.819. The van der Waals surface area contributed by atoms with Gasteiger partial charge in [0.1, 0.15) is 23.4 Å². The number of halogens is 4. The van der Waals surface area contributed by atoms with Gasteiger partial charge < -0.3 is 25.2 Å². The number of alkyl halides is 3. The quantitative estimate of drug-likeness (QED) is 0.126. The number of nitrogens with one attached hydrogen (secondary N) is 3. The van der Waals surface area contributed by atoms with Crippen LogP contribution < -0.4 is 30.5 Å². The van der Waals surface area contributed by atoms with E-state index in [9.17, 15) is 37.6 Å². The monoisotopic (exact) mass is 825 g/mol. The number of imide groups is 1. The van der Waals surface area contributed by atoms with Crippen LogP contribution in [0.2, 0.25) is 5.02 Å². The van der Waals surface area contributed by atoms with Crippen LogP contribution in [0, 0.1) is 11.3 Å². The van der Waals surface area contributed by atoms with Crippen LogP contribution in [0.3, 0.4) is 0 Å². The average molecular weight is 826 g/mol. The van der Waals surface area contributed by atoms with Crippen LogP contribution in [0.25, 0.3) is 0 Å². The van der Waals surface area contributed by atoms with Gasteiger partial charge in [-0.25, -0.2) is 0 Å². The van der Waals surface area contributed by atoms with Crippen molar-refractivity contribution in [2.24, 2.45) is 0 Å². The Labute approximate surface area is 339 Å². The van der Waals surface area contributed by atoms with E-state index in [-0.39, 0.29) is 36.6 Å². The average Bonchev–Trinajstić information content (AvgIpc) is 3.15. The van der Waals surface area contributed by atoms with Crippen molar-refractivity contribution in [3.8, 4) is 11.8 Å². The Bertz CT molecular complexity index is 2080. The summed E-state index contributed by atoms with van der Waals surface area (Å²) in [5.41, 5.74) is 0.780. The molecule has 12 nitrogen and oxygen atoms in total. The molecule has 2 fully saturated rings. The fourth-order valence-corrected chi connectivity index (χ4v) is 7.49. The smallest absolute Gasteiger partial charge is 0.417 e. The number of nitriles is 1. The third-order valence-corrected chi connectivity index (χ3v) is 10.4. The minimum Gasteiger partial charge on any atom is -0.490 e. The van der Waals surface area contributed by atoms with Crippen LogP contribution in [0.5, 0.6) is 5.75 Å². The molecule has 17 heteroatoms. The van der Waals surface area contributed by atoms with E-state index in [1.165, 1.54) is 18.6 Å². The number of ether oxygens (including phenoxy) is 1. The molecule has 4 amide bonds. The first-order valence-electron chi connectivity index (χ1n) is 18.3. The van der Waals surface area contributed by atoms with Crippen LogP contribution in [0.4, 0.5) is 35.9 Å². The second-order valence-corrected chi connectivity index (χ2v) is 15.0. The van der Waals surface area contributed by atoms with Crippen LogP contribution in [0.1, 0.15) is 63.1 Å². The fraction of sp³-hybridized carbons (Fsp3) is 0.400. The number of thiocarbonyl (C=S) groups is 1. The lowest BCUT2D eigenvalue weighted by atomic mass is 9.98. The first-order valence-corrected chi connectivity index (χ1v) is 19.1. The maximum absolute atomic E-state index is 13.8. The lowest BCUT2D eigenvalue weighted by Crippen LogP contribution is -2.55. The largest absolute Gasteiger partial charge is 0.490 e. The van der Waals surface area contributed by atoms with Gasteiger partial charge >= 0.3 is 6.18 Å². The number of hydrogen-bond acceptors (Lipinski definition) is 9. The van der Waals surface area contributed by atoms with E-state index in [0.717, 1.165) is 22.6 Å². The number of likely N-dealkylation sites (N-methyl/N-ethyl adjacent to an activating group) is 1. The zero-order chi connectivity index (χ0) is 41.7. The van der Waals surface area contributed by atoms with Gasteiger partial charge in [0.25, 0.3) is 5.91 Å². The summed E-state index contributed by atoms with van der Waals surface area (Å²) in [6.45, 7) is 6.59. The van der Waals surface area contributed by atoms with Gasteiger partial charge in [0.2, 0.25) is 17.7 Å². The van der Waals surface area contributed by atoms with Crippen molar-refractivity contribution in [2.45, 2.75) is 76.7 Å². The van der Waals surface area contributed by atoms with Crippen molar-refractivity contribution in [1.29, 1.82) is 5.26 Å². The van der Waals surface area contributed by atoms with Crippen molar-refractivity contribution in [3.05, 3.63) is 76.3 Å². The summed E-state index contributed by atoms with van der Waals surface area (Å²) in [7, 11) is 1.37. The number of anilines is 4. The second kappa shape index (κ2) is 17.9. The number of hydrogen-bond donors (Lipinski definition) is 3. The van der Waals surface area contributed by atoms with Crippen LogP contribution in [-0.4, -0.2) is 78.4 Å². The molecule has 2 aliphatic heterocycles. The van der Waals surface area contributed by atoms with E-state index >= 15 is 0 Å². The van der Waals surface area contributed by atoms with E-state index in [1.807, 2.05) is 24.0 Å². The van der Waals surface area contributed by atoms with Gasteiger partial charge in [0.15, 0.2) is 0 Å². The standard InChI is InChI=1S/C40H43ClF3N7O5S/c1-5-24-16-30(51(23-57)39(2,3)38(55)49(4)29-7-6-25(21-45)32(20-29)40(42,43)44)8-10-34(24)56-31-12-14-50(15-13-31)22-36(53)47-28-18-26(41)17-27(19-28)46-33-9-11-35(52)48-37(33)54/h6-8,10,16-20,23,31,33,46H,5,9,11-15,22H2,1-4H3,(H,47,53)(H,48,52,54). The minimum atomic E-state index is -4.78. The summed E-state index contributed by atoms with van der Waals surface area (Å²) in [6, 6.07) is 14.5. The molecule has 2 heterocycles. The van der Waals surface area contributed by atoms with Crippen LogP contribution in [-0.2, 0) is 31.8 Å². The number of likely N-dealkylation sites (tertiary alicyclic amines) is 1. The van der Waals surface area contributed by atoms with Gasteiger partial charge in [0, 0.05) is 54.3 Å². The van der Waals surface area contributed by atoms with Crippen molar-refractivity contribution in [3.63, 3.8) is 0 Å². The number of rotatable bonds is 13. The van der Waals surface area contributed by atoms with Gasteiger partial charge in [0.05, 0.1) is 29.2 Å². The Balaban J connectivity index is 1.17. The summed E-state index contributed by atoms with van der Waals surface area (Å²) in [4.78, 5) is 55.2.